The van der Waals surface area contributed by atoms with Gasteiger partial charge in [0.25, 0.3) is 0 Å². The number of epoxide rings is 1. The predicted octanol–water partition coefficient (Wildman–Crippen LogP) is 3.92. The Morgan fingerprint density at radius 3 is 2.65 bits per heavy atom. The van der Waals surface area contributed by atoms with Crippen LogP contribution in [0.3, 0.4) is 0 Å². The molecule has 0 spiro atoms. The predicted molar refractivity (Wildman–Crippen MR) is 133 cm³/mol. The smallest absolute Gasteiger partial charge is 0.309 e. The van der Waals surface area contributed by atoms with E-state index < -0.39 is 59.2 Å². The fourth-order valence-corrected chi connectivity index (χ4v) is 5.00. The van der Waals surface area contributed by atoms with Crippen LogP contribution in [0.5, 0.6) is 0 Å². The van der Waals surface area contributed by atoms with E-state index in [1.54, 1.807) is 6.92 Å². The number of oxazole rings is 1. The topological polar surface area (TPSA) is 122 Å². The maximum atomic E-state index is 15.3. The van der Waals surface area contributed by atoms with Crippen molar-refractivity contribution in [2.45, 2.75) is 103 Å². The van der Waals surface area contributed by atoms with Gasteiger partial charge >= 0.3 is 5.97 Å². The number of fused-ring (bicyclic) bond motifs is 1. The summed E-state index contributed by atoms with van der Waals surface area (Å²) in [6, 6.07) is 0. The maximum absolute atomic E-state index is 15.3. The van der Waals surface area contributed by atoms with Gasteiger partial charge in [0.1, 0.15) is 23.6 Å². The minimum Gasteiger partial charge on any atom is -0.455 e. The molecule has 2 N–H and O–H groups in total. The number of cyclic esters (lactones) is 1. The van der Waals surface area contributed by atoms with Crippen molar-refractivity contribution >= 4 is 17.8 Å². The second-order valence-electron chi connectivity index (χ2n) is 11.1. The lowest BCUT2D eigenvalue weighted by Gasteiger charge is -2.35. The van der Waals surface area contributed by atoms with Crippen molar-refractivity contribution < 1.29 is 38.1 Å². The molecule has 7 atom stereocenters. The second-order valence-corrected chi connectivity index (χ2v) is 11.1. The number of rotatable bonds is 3. The monoisotopic (exact) mass is 519 g/mol. The highest BCUT2D eigenvalue weighted by Crippen LogP contribution is 2.45. The van der Waals surface area contributed by atoms with Gasteiger partial charge in [-0.1, -0.05) is 27.2 Å². The van der Waals surface area contributed by atoms with Crippen LogP contribution < -0.4 is 0 Å². The van der Waals surface area contributed by atoms with Crippen molar-refractivity contribution in [1.29, 1.82) is 0 Å². The lowest BCUT2D eigenvalue weighted by atomic mass is 9.71. The Morgan fingerprint density at radius 1 is 1.32 bits per heavy atom. The van der Waals surface area contributed by atoms with Crippen LogP contribution in [0.25, 0.3) is 6.08 Å². The van der Waals surface area contributed by atoms with Crippen molar-refractivity contribution in [2.24, 2.45) is 17.3 Å². The fourth-order valence-electron chi connectivity index (χ4n) is 5.00. The van der Waals surface area contributed by atoms with E-state index in [1.165, 1.54) is 20.1 Å². The molecule has 9 heteroatoms. The van der Waals surface area contributed by atoms with Crippen LogP contribution >= 0.6 is 0 Å². The van der Waals surface area contributed by atoms with Gasteiger partial charge in [0.15, 0.2) is 12.0 Å². The zero-order valence-electron chi connectivity index (χ0n) is 22.2. The SMILES string of the molecule is C#CC[C@H]1C(=O)C(C)(C)[C@@H](O)CC(=O)O[C@H](C(F)=Cc2coc(C)n2)C[C@@H]2O[C@]2(C)CCC[C@H](C)[C@H]1O. The van der Waals surface area contributed by atoms with Gasteiger partial charge in [-0.15, -0.1) is 12.3 Å². The summed E-state index contributed by atoms with van der Waals surface area (Å²) in [6.45, 7) is 8.42. The van der Waals surface area contributed by atoms with Crippen LogP contribution in [0.15, 0.2) is 16.5 Å². The number of aliphatic hydroxyl groups excluding tert-OH is 2. The summed E-state index contributed by atoms with van der Waals surface area (Å²) in [5, 5.41) is 21.9. The normalized spacial score (nSPS) is 35.8. The number of aryl methyl sites for hydroxylation is 1. The summed E-state index contributed by atoms with van der Waals surface area (Å²) in [5.41, 5.74) is -1.68. The minimum absolute atomic E-state index is 0.00738. The van der Waals surface area contributed by atoms with Crippen LogP contribution in [0, 0.1) is 36.5 Å². The van der Waals surface area contributed by atoms with Gasteiger partial charge in [0.2, 0.25) is 0 Å². The standard InChI is InChI=1S/C28H38FNO7/c1-7-9-19-25(33)16(2)10-8-11-28(6)23(37-28)13-21(20(29)12-18-15-35-17(3)30-18)36-24(32)14-22(31)27(4,5)26(19)34/h1,12,15-16,19,21-23,25,31,33H,8-11,13-14H2,2-6H3/t16-,19+,21-,22-,23-,25+,28+/m0/s1. The van der Waals surface area contributed by atoms with Gasteiger partial charge in [-0.25, -0.2) is 9.37 Å². The number of halogens is 1. The highest BCUT2D eigenvalue weighted by molar-refractivity contribution is 5.88. The summed E-state index contributed by atoms with van der Waals surface area (Å²) < 4.78 is 31.8. The van der Waals surface area contributed by atoms with E-state index in [4.69, 9.17) is 20.3 Å². The Kier molecular flexibility index (Phi) is 8.99. The van der Waals surface area contributed by atoms with Crippen molar-refractivity contribution in [1.82, 2.24) is 4.98 Å². The van der Waals surface area contributed by atoms with Crippen LogP contribution in [-0.2, 0) is 19.1 Å². The first kappa shape index (κ1) is 29.0. The molecule has 0 unspecified atom stereocenters. The molecule has 0 amide bonds. The number of nitrogens with zero attached hydrogens (tertiary/aromatic N) is 1. The van der Waals surface area contributed by atoms with E-state index in [-0.39, 0.29) is 30.6 Å². The number of esters is 1. The molecule has 204 valence electrons. The van der Waals surface area contributed by atoms with Crippen LogP contribution in [0.4, 0.5) is 4.39 Å². The molecule has 8 nitrogen and oxygen atoms in total. The number of terminal acetylenes is 1. The first-order chi connectivity index (χ1) is 17.3. The summed E-state index contributed by atoms with van der Waals surface area (Å²) in [4.78, 5) is 30.3. The maximum Gasteiger partial charge on any atom is 0.309 e. The van der Waals surface area contributed by atoms with Gasteiger partial charge in [0.05, 0.1) is 41.7 Å². The Labute approximate surface area is 217 Å². The first-order valence-electron chi connectivity index (χ1n) is 12.8. The third-order valence-corrected chi connectivity index (χ3v) is 7.80. The Balaban J connectivity index is 1.89. The van der Waals surface area contributed by atoms with Crippen LogP contribution in [-0.4, -0.2) is 57.0 Å². The third-order valence-electron chi connectivity index (χ3n) is 7.80. The molecule has 0 aromatic carbocycles. The minimum atomic E-state index is -1.43. The molecule has 37 heavy (non-hydrogen) atoms. The zero-order valence-corrected chi connectivity index (χ0v) is 22.2. The van der Waals surface area contributed by atoms with Crippen LogP contribution in [0.2, 0.25) is 0 Å². The number of carbonyl (C=O) groups is 2. The number of hydrogen-bond acceptors (Lipinski definition) is 8. The number of carbonyl (C=O) groups excluding carboxylic acids is 2. The summed E-state index contributed by atoms with van der Waals surface area (Å²) >= 11 is 0. The van der Waals surface area contributed by atoms with E-state index in [0.29, 0.717) is 25.2 Å². The number of ether oxygens (including phenoxy) is 2. The first-order valence-corrected chi connectivity index (χ1v) is 12.8. The Hall–Kier alpha value is -2.54. The number of Topliss-reactive ketones (excluding diaryl/α,β-unsaturated/α-hetero) is 1. The van der Waals surface area contributed by atoms with Gasteiger partial charge < -0.3 is 24.1 Å². The molecule has 0 radical (unpaired) electrons. The fraction of sp³-hybridized carbons (Fsp3) is 0.679. The van der Waals surface area contributed by atoms with Gasteiger partial charge in [-0.2, -0.15) is 0 Å². The number of hydrogen-bond donors (Lipinski definition) is 2. The highest BCUT2D eigenvalue weighted by atomic mass is 19.1. The molecule has 1 aromatic rings. The number of aliphatic hydroxyl groups is 2. The Bertz CT molecular complexity index is 1060. The molecule has 3 rings (SSSR count). The van der Waals surface area contributed by atoms with Gasteiger partial charge in [0, 0.05) is 25.8 Å². The zero-order chi connectivity index (χ0) is 27.5. The largest absolute Gasteiger partial charge is 0.455 e. The van der Waals surface area contributed by atoms with E-state index in [0.717, 1.165) is 6.08 Å². The van der Waals surface area contributed by atoms with Crippen molar-refractivity contribution in [2.75, 3.05) is 0 Å². The molecule has 3 heterocycles. The number of aromatic nitrogens is 1. The quantitative estimate of drug-likeness (QED) is 0.350. The molecule has 0 aliphatic carbocycles. The van der Waals surface area contributed by atoms with Crippen molar-refractivity contribution in [3.05, 3.63) is 23.7 Å². The molecular formula is C28H38FNO7. The highest BCUT2D eigenvalue weighted by Gasteiger charge is 2.53. The molecule has 1 aromatic heterocycles. The molecule has 2 aliphatic heterocycles. The van der Waals surface area contributed by atoms with Gasteiger partial charge in [-0.05, 0) is 25.7 Å². The van der Waals surface area contributed by atoms with Crippen molar-refractivity contribution in [3.63, 3.8) is 0 Å². The second kappa shape index (κ2) is 11.5. The summed E-state index contributed by atoms with van der Waals surface area (Å²) in [5.74, 6) is -0.323. The molecule has 2 saturated heterocycles. The van der Waals surface area contributed by atoms with Crippen LogP contribution in [0.1, 0.15) is 77.8 Å². The lowest BCUT2D eigenvalue weighted by molar-refractivity contribution is -0.155. The van der Waals surface area contributed by atoms with E-state index >= 15 is 4.39 Å². The van der Waals surface area contributed by atoms with E-state index in [2.05, 4.69) is 10.9 Å². The number of ketones is 1. The molecule has 0 saturated carbocycles. The van der Waals surface area contributed by atoms with Gasteiger partial charge in [-0.3, -0.25) is 9.59 Å². The van der Waals surface area contributed by atoms with E-state index in [9.17, 15) is 19.8 Å². The lowest BCUT2D eigenvalue weighted by Crippen LogP contribution is -2.46. The average Bonchev–Trinajstić information content (AvgIpc) is 3.27. The van der Waals surface area contributed by atoms with E-state index in [1.807, 2.05) is 13.8 Å². The summed E-state index contributed by atoms with van der Waals surface area (Å²) in [6.07, 6.45) is 5.45. The molecule has 2 aliphatic rings. The molecule has 2 fully saturated rings. The average molecular weight is 520 g/mol. The van der Waals surface area contributed by atoms with Crippen molar-refractivity contribution in [3.8, 4) is 12.3 Å². The summed E-state index contributed by atoms with van der Waals surface area (Å²) in [7, 11) is 0. The molecular weight excluding hydrogens is 481 g/mol. The molecule has 0 bridgehead atoms. The third kappa shape index (κ3) is 6.86. The Morgan fingerprint density at radius 2 is 2.03 bits per heavy atom.